The van der Waals surface area contributed by atoms with Gasteiger partial charge >= 0.3 is 0 Å². The van der Waals surface area contributed by atoms with Gasteiger partial charge < -0.3 is 14.8 Å². The van der Waals surface area contributed by atoms with Gasteiger partial charge in [0.15, 0.2) is 5.75 Å². The molecule has 1 aliphatic rings. The van der Waals surface area contributed by atoms with Crippen molar-refractivity contribution in [2.45, 2.75) is 18.9 Å². The second-order valence-corrected chi connectivity index (χ2v) is 6.35. The number of halogens is 1. The number of thiophene rings is 1. The van der Waals surface area contributed by atoms with Gasteiger partial charge in [-0.1, -0.05) is 23.7 Å². The molecule has 22 heavy (non-hydrogen) atoms. The van der Waals surface area contributed by atoms with Crippen LogP contribution in [-0.2, 0) is 4.74 Å². The molecule has 2 heterocycles. The summed E-state index contributed by atoms with van der Waals surface area (Å²) in [7, 11) is 0. The Balaban J connectivity index is 1.72. The van der Waals surface area contributed by atoms with Gasteiger partial charge in [0, 0.05) is 6.61 Å². The van der Waals surface area contributed by atoms with E-state index in [1.807, 2.05) is 11.4 Å². The van der Waals surface area contributed by atoms with Crippen LogP contribution < -0.4 is 10.1 Å². The van der Waals surface area contributed by atoms with E-state index in [2.05, 4.69) is 5.32 Å². The molecule has 4 nitrogen and oxygen atoms in total. The predicted octanol–water partition coefficient (Wildman–Crippen LogP) is 4.21. The highest BCUT2D eigenvalue weighted by atomic mass is 35.5. The van der Waals surface area contributed by atoms with Crippen LogP contribution in [0.1, 0.15) is 22.5 Å². The van der Waals surface area contributed by atoms with E-state index in [0.717, 1.165) is 19.4 Å². The van der Waals surface area contributed by atoms with Crippen LogP contribution in [-0.4, -0.2) is 25.2 Å². The van der Waals surface area contributed by atoms with E-state index >= 15 is 0 Å². The Kier molecular flexibility index (Phi) is 4.97. The molecule has 1 N–H and O–H groups in total. The van der Waals surface area contributed by atoms with Gasteiger partial charge in [-0.05, 0) is 36.4 Å². The Bertz CT molecular complexity index is 639. The van der Waals surface area contributed by atoms with Crippen LogP contribution in [0.2, 0.25) is 5.02 Å². The fourth-order valence-corrected chi connectivity index (χ4v) is 3.15. The topological polar surface area (TPSA) is 47.6 Å². The lowest BCUT2D eigenvalue weighted by molar-refractivity contribution is 0.0682. The quantitative estimate of drug-likeness (QED) is 0.889. The summed E-state index contributed by atoms with van der Waals surface area (Å²) in [6.07, 6.45) is 2.14. The van der Waals surface area contributed by atoms with E-state index in [4.69, 9.17) is 21.1 Å². The van der Waals surface area contributed by atoms with Crippen LogP contribution in [0.15, 0.2) is 35.7 Å². The molecule has 1 amide bonds. The highest BCUT2D eigenvalue weighted by molar-refractivity contribution is 7.12. The number of hydrogen-bond acceptors (Lipinski definition) is 4. The molecule has 1 aliphatic heterocycles. The number of benzene rings is 1. The maximum Gasteiger partial charge on any atom is 0.265 e. The zero-order valence-corrected chi connectivity index (χ0v) is 13.5. The molecule has 2 aromatic rings. The molecule has 0 saturated carbocycles. The fourth-order valence-electron chi connectivity index (χ4n) is 2.30. The van der Waals surface area contributed by atoms with E-state index < -0.39 is 0 Å². The number of nitrogens with one attached hydrogen (secondary N) is 1. The van der Waals surface area contributed by atoms with Crippen LogP contribution in [0.3, 0.4) is 0 Å². The molecule has 1 saturated heterocycles. The smallest absolute Gasteiger partial charge is 0.265 e. The predicted molar refractivity (Wildman–Crippen MR) is 88.2 cm³/mol. The van der Waals surface area contributed by atoms with Crippen molar-refractivity contribution in [1.82, 2.24) is 0 Å². The van der Waals surface area contributed by atoms with Crippen LogP contribution in [0.5, 0.6) is 5.75 Å². The first-order chi connectivity index (χ1) is 10.7. The summed E-state index contributed by atoms with van der Waals surface area (Å²) in [5.74, 6) is 0.323. The molecule has 1 aromatic heterocycles. The van der Waals surface area contributed by atoms with E-state index in [-0.39, 0.29) is 12.0 Å². The first-order valence-electron chi connectivity index (χ1n) is 7.12. The van der Waals surface area contributed by atoms with Crippen molar-refractivity contribution >= 4 is 34.5 Å². The first kappa shape index (κ1) is 15.3. The van der Waals surface area contributed by atoms with Crippen molar-refractivity contribution in [1.29, 1.82) is 0 Å². The second kappa shape index (κ2) is 7.13. The fraction of sp³-hybridized carbons (Fsp3) is 0.312. The van der Waals surface area contributed by atoms with Gasteiger partial charge in [0.1, 0.15) is 6.61 Å². The third-order valence-electron chi connectivity index (χ3n) is 3.40. The Morgan fingerprint density at radius 3 is 3.05 bits per heavy atom. The van der Waals surface area contributed by atoms with E-state index in [9.17, 15) is 4.79 Å². The number of carbonyl (C=O) groups is 1. The Hall–Kier alpha value is -1.56. The Morgan fingerprint density at radius 1 is 1.41 bits per heavy atom. The number of amides is 1. The standard InChI is InChI=1S/C16H16ClNO3S/c17-12-5-1-6-13(18-16(19)14-7-3-9-22-14)15(12)21-10-11-4-2-8-20-11/h1,3,5-7,9,11H,2,4,8,10H2,(H,18,19)/t11-/m1/s1. The number of hydrogen-bond donors (Lipinski definition) is 1. The Labute approximate surface area is 138 Å². The molecule has 3 rings (SSSR count). The van der Waals surface area contributed by atoms with Gasteiger partial charge in [0.25, 0.3) is 5.91 Å². The summed E-state index contributed by atoms with van der Waals surface area (Å²) in [5, 5.41) is 5.19. The van der Waals surface area contributed by atoms with Crippen LogP contribution in [0, 0.1) is 0 Å². The number of para-hydroxylation sites is 1. The monoisotopic (exact) mass is 337 g/mol. The lowest BCUT2D eigenvalue weighted by Gasteiger charge is -2.16. The molecule has 1 atom stereocenters. The number of anilines is 1. The molecule has 6 heteroatoms. The molecule has 1 fully saturated rings. The molecule has 0 radical (unpaired) electrons. The molecule has 0 bridgehead atoms. The maximum absolute atomic E-state index is 12.2. The summed E-state index contributed by atoms with van der Waals surface area (Å²) in [5.41, 5.74) is 0.573. The molecule has 116 valence electrons. The first-order valence-corrected chi connectivity index (χ1v) is 8.37. The molecule has 0 aliphatic carbocycles. The van der Waals surface area contributed by atoms with Gasteiger partial charge in [-0.25, -0.2) is 0 Å². The molecule has 0 unspecified atom stereocenters. The molecule has 0 spiro atoms. The third-order valence-corrected chi connectivity index (χ3v) is 4.56. The lowest BCUT2D eigenvalue weighted by Crippen LogP contribution is -2.18. The number of ether oxygens (including phenoxy) is 2. The van der Waals surface area contributed by atoms with E-state index in [0.29, 0.717) is 27.9 Å². The molecular formula is C16H16ClNO3S. The van der Waals surface area contributed by atoms with Crippen molar-refractivity contribution in [2.75, 3.05) is 18.5 Å². The molecular weight excluding hydrogens is 322 g/mol. The Morgan fingerprint density at radius 2 is 2.32 bits per heavy atom. The van der Waals surface area contributed by atoms with Crippen LogP contribution in [0.4, 0.5) is 5.69 Å². The minimum atomic E-state index is -0.167. The van der Waals surface area contributed by atoms with Gasteiger partial charge in [-0.3, -0.25) is 4.79 Å². The summed E-state index contributed by atoms with van der Waals surface area (Å²) in [6, 6.07) is 8.92. The zero-order valence-electron chi connectivity index (χ0n) is 11.9. The highest BCUT2D eigenvalue weighted by Crippen LogP contribution is 2.34. The van der Waals surface area contributed by atoms with Crippen molar-refractivity contribution in [3.05, 3.63) is 45.6 Å². The third kappa shape index (κ3) is 3.61. The van der Waals surface area contributed by atoms with Gasteiger partial charge in [0.2, 0.25) is 0 Å². The van der Waals surface area contributed by atoms with Gasteiger partial charge in [-0.15, -0.1) is 11.3 Å². The van der Waals surface area contributed by atoms with E-state index in [1.54, 1.807) is 24.3 Å². The van der Waals surface area contributed by atoms with Crippen molar-refractivity contribution in [2.24, 2.45) is 0 Å². The van der Waals surface area contributed by atoms with Crippen molar-refractivity contribution in [3.63, 3.8) is 0 Å². The largest absolute Gasteiger partial charge is 0.487 e. The van der Waals surface area contributed by atoms with Crippen LogP contribution in [0.25, 0.3) is 0 Å². The average Bonchev–Trinajstić information content (AvgIpc) is 3.20. The lowest BCUT2D eigenvalue weighted by atomic mass is 10.2. The summed E-state index contributed by atoms with van der Waals surface area (Å²) in [6.45, 7) is 1.21. The summed E-state index contributed by atoms with van der Waals surface area (Å²) in [4.78, 5) is 12.8. The number of carbonyl (C=O) groups excluding carboxylic acids is 1. The van der Waals surface area contributed by atoms with Crippen molar-refractivity contribution in [3.8, 4) is 5.75 Å². The average molecular weight is 338 g/mol. The summed E-state index contributed by atoms with van der Waals surface area (Å²) >= 11 is 7.60. The maximum atomic E-state index is 12.2. The van der Waals surface area contributed by atoms with Crippen molar-refractivity contribution < 1.29 is 14.3 Å². The number of rotatable bonds is 5. The van der Waals surface area contributed by atoms with Crippen LogP contribution >= 0.6 is 22.9 Å². The normalized spacial score (nSPS) is 17.4. The minimum absolute atomic E-state index is 0.0946. The minimum Gasteiger partial charge on any atom is -0.487 e. The zero-order chi connectivity index (χ0) is 15.4. The van der Waals surface area contributed by atoms with E-state index in [1.165, 1.54) is 11.3 Å². The second-order valence-electron chi connectivity index (χ2n) is 4.99. The highest BCUT2D eigenvalue weighted by Gasteiger charge is 2.19. The SMILES string of the molecule is O=C(Nc1cccc(Cl)c1OC[C@H]1CCCO1)c1cccs1. The molecule has 1 aromatic carbocycles. The van der Waals surface area contributed by atoms with Gasteiger partial charge in [0.05, 0.1) is 21.7 Å². The van der Waals surface area contributed by atoms with Gasteiger partial charge in [-0.2, -0.15) is 0 Å². The summed E-state index contributed by atoms with van der Waals surface area (Å²) < 4.78 is 11.3.